The molecule has 0 saturated heterocycles. The lowest BCUT2D eigenvalue weighted by Gasteiger charge is -2.07. The molecule has 21 heavy (non-hydrogen) atoms. The maximum absolute atomic E-state index is 12.4. The predicted molar refractivity (Wildman–Crippen MR) is 87.2 cm³/mol. The van der Waals surface area contributed by atoms with E-state index in [1.54, 1.807) is 18.9 Å². The second-order valence-corrected chi connectivity index (χ2v) is 5.80. The maximum Gasteiger partial charge on any atom is 0.189 e. The first kappa shape index (κ1) is 14.0. The number of carbonyl (C=O) groups excluding carboxylic acids is 1. The summed E-state index contributed by atoms with van der Waals surface area (Å²) >= 11 is 1.65. The average Bonchev–Trinajstić information content (AvgIpc) is 2.84. The molecule has 0 aromatic heterocycles. The third kappa shape index (κ3) is 2.61. The zero-order valence-electron chi connectivity index (χ0n) is 12.1. The molecule has 0 bridgehead atoms. The van der Waals surface area contributed by atoms with Crippen LogP contribution in [0.4, 0.5) is 0 Å². The van der Waals surface area contributed by atoms with Gasteiger partial charge in [-0.05, 0) is 35.6 Å². The van der Waals surface area contributed by atoms with Gasteiger partial charge in [0, 0.05) is 22.5 Å². The van der Waals surface area contributed by atoms with Gasteiger partial charge in [-0.15, -0.1) is 11.8 Å². The van der Waals surface area contributed by atoms with E-state index in [0.29, 0.717) is 6.42 Å². The minimum atomic E-state index is 0.138. The summed E-state index contributed by atoms with van der Waals surface area (Å²) in [6.45, 7) is 0. The van der Waals surface area contributed by atoms with E-state index in [1.807, 2.05) is 54.8 Å². The van der Waals surface area contributed by atoms with Crippen LogP contribution in [-0.4, -0.2) is 19.1 Å². The molecule has 0 unspecified atom stereocenters. The van der Waals surface area contributed by atoms with Crippen LogP contribution in [0, 0.1) is 0 Å². The van der Waals surface area contributed by atoms with Crippen LogP contribution >= 0.6 is 11.8 Å². The smallest absolute Gasteiger partial charge is 0.189 e. The van der Waals surface area contributed by atoms with Gasteiger partial charge >= 0.3 is 0 Å². The molecule has 0 atom stereocenters. The Balaban J connectivity index is 1.95. The topological polar surface area (TPSA) is 26.3 Å². The van der Waals surface area contributed by atoms with Gasteiger partial charge in [0.15, 0.2) is 5.78 Å². The largest absolute Gasteiger partial charge is 0.496 e. The van der Waals surface area contributed by atoms with Gasteiger partial charge in [0.1, 0.15) is 5.75 Å². The second-order valence-electron chi connectivity index (χ2n) is 4.95. The Bertz CT molecular complexity index is 732. The van der Waals surface area contributed by atoms with Crippen molar-refractivity contribution < 1.29 is 9.53 Å². The minimum Gasteiger partial charge on any atom is -0.496 e. The summed E-state index contributed by atoms with van der Waals surface area (Å²) in [4.78, 5) is 13.5. The van der Waals surface area contributed by atoms with Crippen LogP contribution in [-0.2, 0) is 6.42 Å². The van der Waals surface area contributed by atoms with Crippen LogP contribution < -0.4 is 4.74 Å². The molecule has 0 amide bonds. The predicted octanol–water partition coefficient (Wildman–Crippen LogP) is 4.24. The maximum atomic E-state index is 12.4. The monoisotopic (exact) mass is 296 g/mol. The number of fused-ring (bicyclic) bond motifs is 1. The van der Waals surface area contributed by atoms with Crippen molar-refractivity contribution in [1.82, 2.24) is 0 Å². The summed E-state index contributed by atoms with van der Waals surface area (Å²) < 4.78 is 5.40. The van der Waals surface area contributed by atoms with Crippen LogP contribution in [0.5, 0.6) is 5.75 Å². The van der Waals surface area contributed by atoms with E-state index in [-0.39, 0.29) is 5.78 Å². The number of ketones is 1. The minimum absolute atomic E-state index is 0.138. The highest BCUT2D eigenvalue weighted by Crippen LogP contribution is 2.31. The van der Waals surface area contributed by atoms with Gasteiger partial charge in [-0.2, -0.15) is 0 Å². The summed E-state index contributed by atoms with van der Waals surface area (Å²) in [6.07, 6.45) is 4.70. The fourth-order valence-electron chi connectivity index (χ4n) is 2.61. The van der Waals surface area contributed by atoms with Gasteiger partial charge in [0.25, 0.3) is 0 Å². The van der Waals surface area contributed by atoms with E-state index in [9.17, 15) is 4.79 Å². The van der Waals surface area contributed by atoms with E-state index in [0.717, 1.165) is 32.9 Å². The lowest BCUT2D eigenvalue weighted by molar-refractivity contribution is 0.104. The van der Waals surface area contributed by atoms with Gasteiger partial charge < -0.3 is 4.74 Å². The number of rotatable bonds is 3. The van der Waals surface area contributed by atoms with Gasteiger partial charge in [0.05, 0.1) is 7.11 Å². The summed E-state index contributed by atoms with van der Waals surface area (Å²) in [5.41, 5.74) is 3.79. The highest BCUT2D eigenvalue weighted by Gasteiger charge is 2.23. The molecule has 0 fully saturated rings. The van der Waals surface area contributed by atoms with Crippen molar-refractivity contribution in [2.24, 2.45) is 0 Å². The van der Waals surface area contributed by atoms with Crippen molar-refractivity contribution in [3.63, 3.8) is 0 Å². The Kier molecular flexibility index (Phi) is 3.84. The molecule has 0 heterocycles. The number of thioether (sulfide) groups is 1. The molecule has 2 aromatic rings. The highest BCUT2D eigenvalue weighted by atomic mass is 32.2. The molecule has 3 rings (SSSR count). The van der Waals surface area contributed by atoms with E-state index in [2.05, 4.69) is 0 Å². The number of allylic oxidation sites excluding steroid dienone is 1. The van der Waals surface area contributed by atoms with E-state index >= 15 is 0 Å². The molecular formula is C18H16O2S. The summed E-state index contributed by atoms with van der Waals surface area (Å²) in [5.74, 6) is 0.985. The molecule has 3 heteroatoms. The SMILES string of the molecule is COc1cc(C=C2Cc3ccccc3C2=O)ccc1SC. The molecular weight excluding hydrogens is 280 g/mol. The molecule has 1 aliphatic carbocycles. The fourth-order valence-corrected chi connectivity index (χ4v) is 3.16. The molecule has 0 saturated carbocycles. The van der Waals surface area contributed by atoms with Crippen LogP contribution in [0.25, 0.3) is 6.08 Å². The van der Waals surface area contributed by atoms with E-state index in [1.165, 1.54) is 0 Å². The van der Waals surface area contributed by atoms with Crippen molar-refractivity contribution in [3.8, 4) is 5.75 Å². The fraction of sp³-hybridized carbons (Fsp3) is 0.167. The molecule has 1 aliphatic rings. The van der Waals surface area contributed by atoms with Gasteiger partial charge in [-0.25, -0.2) is 0 Å². The number of Topliss-reactive ketones (excluding diaryl/α,β-unsaturated/α-hetero) is 1. The molecule has 0 spiro atoms. The third-order valence-corrected chi connectivity index (χ3v) is 4.46. The van der Waals surface area contributed by atoms with Crippen LogP contribution in [0.1, 0.15) is 21.5 Å². The number of ether oxygens (including phenoxy) is 1. The third-order valence-electron chi connectivity index (χ3n) is 3.68. The zero-order chi connectivity index (χ0) is 14.8. The molecule has 0 radical (unpaired) electrons. The van der Waals surface area contributed by atoms with Gasteiger partial charge in [-0.1, -0.05) is 30.3 Å². The Morgan fingerprint density at radius 2 is 2.00 bits per heavy atom. The van der Waals surface area contributed by atoms with E-state index < -0.39 is 0 Å². The number of hydrogen-bond donors (Lipinski definition) is 0. The zero-order valence-corrected chi connectivity index (χ0v) is 12.9. The van der Waals surface area contributed by atoms with Crippen LogP contribution in [0.15, 0.2) is 52.9 Å². The lowest BCUT2D eigenvalue weighted by atomic mass is 10.1. The van der Waals surface area contributed by atoms with Crippen molar-refractivity contribution in [2.45, 2.75) is 11.3 Å². The van der Waals surface area contributed by atoms with Gasteiger partial charge in [0.2, 0.25) is 0 Å². The van der Waals surface area contributed by atoms with Gasteiger partial charge in [-0.3, -0.25) is 4.79 Å². The highest BCUT2D eigenvalue weighted by molar-refractivity contribution is 7.98. The standard InChI is InChI=1S/C18H16O2S/c1-20-16-10-12(7-8-17(16)21-2)9-14-11-13-5-3-4-6-15(13)18(14)19/h3-10H,11H2,1-2H3. The second kappa shape index (κ2) is 5.78. The Hall–Kier alpha value is -2.00. The Morgan fingerprint density at radius 1 is 1.19 bits per heavy atom. The summed E-state index contributed by atoms with van der Waals surface area (Å²) in [7, 11) is 1.67. The summed E-state index contributed by atoms with van der Waals surface area (Å²) in [6, 6.07) is 13.8. The van der Waals surface area contributed by atoms with Crippen molar-refractivity contribution in [3.05, 3.63) is 64.7 Å². The molecule has 0 aliphatic heterocycles. The Labute approximate surface area is 128 Å². The first-order valence-electron chi connectivity index (χ1n) is 6.78. The van der Waals surface area contributed by atoms with Crippen molar-refractivity contribution in [1.29, 1.82) is 0 Å². The normalized spacial score (nSPS) is 15.3. The van der Waals surface area contributed by atoms with Crippen molar-refractivity contribution in [2.75, 3.05) is 13.4 Å². The van der Waals surface area contributed by atoms with Crippen molar-refractivity contribution >= 4 is 23.6 Å². The molecule has 0 N–H and O–H groups in total. The Morgan fingerprint density at radius 3 is 2.71 bits per heavy atom. The van der Waals surface area contributed by atoms with Crippen LogP contribution in [0.3, 0.4) is 0 Å². The molecule has 106 valence electrons. The number of benzene rings is 2. The van der Waals surface area contributed by atoms with E-state index in [4.69, 9.17) is 4.74 Å². The average molecular weight is 296 g/mol. The number of methoxy groups -OCH3 is 1. The quantitative estimate of drug-likeness (QED) is 0.626. The first-order valence-corrected chi connectivity index (χ1v) is 8.00. The molecule has 2 nitrogen and oxygen atoms in total. The van der Waals surface area contributed by atoms with Crippen LogP contribution in [0.2, 0.25) is 0 Å². The first-order chi connectivity index (χ1) is 10.2. The molecule has 2 aromatic carbocycles. The number of hydrogen-bond acceptors (Lipinski definition) is 3. The number of carbonyl (C=O) groups is 1. The summed E-state index contributed by atoms with van der Waals surface area (Å²) in [5, 5.41) is 0. The lowest BCUT2D eigenvalue weighted by Crippen LogP contribution is -1.95.